The van der Waals surface area contributed by atoms with Gasteiger partial charge in [0.25, 0.3) is 5.91 Å². The van der Waals surface area contributed by atoms with Crippen LogP contribution in [0.3, 0.4) is 0 Å². The van der Waals surface area contributed by atoms with Crippen molar-refractivity contribution in [3.63, 3.8) is 0 Å². The van der Waals surface area contributed by atoms with Gasteiger partial charge in [0.15, 0.2) is 0 Å². The molecule has 6 nitrogen and oxygen atoms in total. The van der Waals surface area contributed by atoms with Crippen LogP contribution in [0.15, 0.2) is 53.4 Å². The van der Waals surface area contributed by atoms with E-state index in [0.717, 1.165) is 5.56 Å². The van der Waals surface area contributed by atoms with Crippen LogP contribution in [0.4, 0.5) is 0 Å². The molecule has 0 aliphatic carbocycles. The molecule has 1 aliphatic rings. The average Bonchev–Trinajstić information content (AvgIpc) is 3.49. The summed E-state index contributed by atoms with van der Waals surface area (Å²) in [7, 11) is 0. The summed E-state index contributed by atoms with van der Waals surface area (Å²) in [6, 6.07) is 12.2. The normalized spacial score (nSPS) is 18.7. The summed E-state index contributed by atoms with van der Waals surface area (Å²) in [5.74, 6) is -0.0983. The number of carbonyl (C=O) groups excluding carboxylic acids is 2. The summed E-state index contributed by atoms with van der Waals surface area (Å²) in [6.45, 7) is 4.87. The van der Waals surface area contributed by atoms with E-state index < -0.39 is 5.41 Å². The van der Waals surface area contributed by atoms with Gasteiger partial charge in [0.05, 0.1) is 5.41 Å². The molecule has 7 heteroatoms. The Bertz CT molecular complexity index is 997. The molecule has 30 heavy (non-hydrogen) atoms. The minimum Gasteiger partial charge on any atom is -0.353 e. The zero-order chi connectivity index (χ0) is 21.1. The van der Waals surface area contributed by atoms with Crippen molar-refractivity contribution >= 4 is 23.2 Å². The number of thiophene rings is 1. The number of nitrogens with one attached hydrogen (secondary N) is 2. The second-order valence-electron chi connectivity index (χ2n) is 8.24. The summed E-state index contributed by atoms with van der Waals surface area (Å²) < 4.78 is 0. The van der Waals surface area contributed by atoms with Crippen LogP contribution in [0, 0.1) is 5.41 Å². The number of amides is 2. The predicted molar refractivity (Wildman–Crippen MR) is 118 cm³/mol. The number of aromatic nitrogens is 2. The maximum atomic E-state index is 13.2. The molecule has 0 spiro atoms. The van der Waals surface area contributed by atoms with Crippen LogP contribution in [0.1, 0.15) is 36.3 Å². The minimum absolute atomic E-state index is 0.0133. The van der Waals surface area contributed by atoms with Gasteiger partial charge in [0, 0.05) is 25.3 Å². The van der Waals surface area contributed by atoms with Gasteiger partial charge >= 0.3 is 0 Å². The molecule has 0 saturated carbocycles. The van der Waals surface area contributed by atoms with Crippen molar-refractivity contribution in [1.29, 1.82) is 0 Å². The quantitative estimate of drug-likeness (QED) is 0.635. The maximum absolute atomic E-state index is 13.2. The first kappa shape index (κ1) is 20.3. The van der Waals surface area contributed by atoms with E-state index in [1.54, 1.807) is 28.5 Å². The van der Waals surface area contributed by atoms with Crippen molar-refractivity contribution in [2.75, 3.05) is 13.1 Å². The van der Waals surface area contributed by atoms with Gasteiger partial charge in [-0.25, -0.2) is 0 Å². The first-order chi connectivity index (χ1) is 14.5. The Balaban J connectivity index is 1.56. The first-order valence-electron chi connectivity index (χ1n) is 10.2. The Morgan fingerprint density at radius 3 is 2.63 bits per heavy atom. The lowest BCUT2D eigenvalue weighted by Gasteiger charge is -2.29. The minimum atomic E-state index is -0.635. The van der Waals surface area contributed by atoms with Crippen molar-refractivity contribution in [2.24, 2.45) is 5.41 Å². The second-order valence-corrected chi connectivity index (χ2v) is 9.02. The smallest absolute Gasteiger partial charge is 0.271 e. The van der Waals surface area contributed by atoms with Gasteiger partial charge in [-0.1, -0.05) is 24.3 Å². The maximum Gasteiger partial charge on any atom is 0.271 e. The van der Waals surface area contributed by atoms with Crippen LogP contribution in [-0.4, -0.2) is 46.0 Å². The molecule has 2 amide bonds. The molecule has 4 rings (SSSR count). The fourth-order valence-corrected chi connectivity index (χ4v) is 4.72. The second kappa shape index (κ2) is 8.44. The highest BCUT2D eigenvalue weighted by Gasteiger charge is 2.46. The van der Waals surface area contributed by atoms with Crippen LogP contribution >= 0.6 is 11.3 Å². The van der Waals surface area contributed by atoms with Crippen LogP contribution < -0.4 is 5.32 Å². The highest BCUT2D eigenvalue weighted by Crippen LogP contribution is 2.36. The summed E-state index contributed by atoms with van der Waals surface area (Å²) >= 11 is 1.68. The van der Waals surface area contributed by atoms with Gasteiger partial charge < -0.3 is 10.2 Å². The number of likely N-dealkylation sites (tertiary alicyclic amines) is 1. The molecular formula is C23H26N4O2S. The molecule has 3 heterocycles. The van der Waals surface area contributed by atoms with E-state index in [1.807, 2.05) is 13.8 Å². The lowest BCUT2D eigenvalue weighted by Crippen LogP contribution is -2.47. The summed E-state index contributed by atoms with van der Waals surface area (Å²) in [5, 5.41) is 13.9. The van der Waals surface area contributed by atoms with Gasteiger partial charge in [-0.2, -0.15) is 16.4 Å². The van der Waals surface area contributed by atoms with Crippen molar-refractivity contribution in [2.45, 2.75) is 32.7 Å². The van der Waals surface area contributed by atoms with E-state index in [4.69, 9.17) is 0 Å². The largest absolute Gasteiger partial charge is 0.353 e. The molecular weight excluding hydrogens is 396 g/mol. The zero-order valence-electron chi connectivity index (χ0n) is 17.2. The van der Waals surface area contributed by atoms with Crippen molar-refractivity contribution in [1.82, 2.24) is 20.4 Å². The number of rotatable bonds is 6. The molecule has 0 bridgehead atoms. The van der Waals surface area contributed by atoms with E-state index in [9.17, 15) is 9.59 Å². The summed E-state index contributed by atoms with van der Waals surface area (Å²) in [6.07, 6.45) is 2.80. The average molecular weight is 423 g/mol. The van der Waals surface area contributed by atoms with E-state index in [1.165, 1.54) is 11.1 Å². The SMILES string of the molecule is CC(C)NC(=O)C1(Cc2ccc(-c3ccsc3)cc2)CCN(C(=O)c2ccn[nH]2)C1. The molecule has 1 fully saturated rings. The third kappa shape index (κ3) is 4.16. The van der Waals surface area contributed by atoms with Gasteiger partial charge in [0.1, 0.15) is 5.69 Å². The Hall–Kier alpha value is -2.93. The van der Waals surface area contributed by atoms with Crippen LogP contribution in [-0.2, 0) is 11.2 Å². The Morgan fingerprint density at radius 1 is 1.20 bits per heavy atom. The third-order valence-corrected chi connectivity index (χ3v) is 6.31. The van der Waals surface area contributed by atoms with E-state index >= 15 is 0 Å². The van der Waals surface area contributed by atoms with Gasteiger partial charge in [0.2, 0.25) is 5.91 Å². The highest BCUT2D eigenvalue weighted by atomic mass is 32.1. The molecule has 1 aromatic carbocycles. The predicted octanol–water partition coefficient (Wildman–Crippen LogP) is 3.74. The lowest BCUT2D eigenvalue weighted by molar-refractivity contribution is -0.130. The number of carbonyl (C=O) groups is 2. The number of benzene rings is 1. The van der Waals surface area contributed by atoms with Crippen molar-refractivity contribution in [3.05, 3.63) is 64.6 Å². The van der Waals surface area contributed by atoms with Crippen LogP contribution in [0.5, 0.6) is 0 Å². The molecule has 1 atom stereocenters. The number of aromatic amines is 1. The number of H-pyrrole nitrogens is 1. The molecule has 2 N–H and O–H groups in total. The van der Waals surface area contributed by atoms with Crippen molar-refractivity contribution < 1.29 is 9.59 Å². The fraction of sp³-hybridized carbons (Fsp3) is 0.348. The molecule has 1 saturated heterocycles. The monoisotopic (exact) mass is 422 g/mol. The summed E-state index contributed by atoms with van der Waals surface area (Å²) in [4.78, 5) is 27.8. The van der Waals surface area contributed by atoms with Gasteiger partial charge in [-0.05, 0) is 66.3 Å². The van der Waals surface area contributed by atoms with Crippen LogP contribution in [0.25, 0.3) is 11.1 Å². The lowest BCUT2D eigenvalue weighted by atomic mass is 9.79. The molecule has 0 radical (unpaired) electrons. The molecule has 3 aromatic rings. The standard InChI is InChI=1S/C23H26N4O2S/c1-16(2)25-22(29)23(9-11-27(15-23)21(28)20-7-10-24-26-20)13-17-3-5-18(6-4-17)19-8-12-30-14-19/h3-8,10,12,14,16H,9,11,13,15H2,1-2H3,(H,24,26)(H,25,29). The Kier molecular flexibility index (Phi) is 5.72. The molecule has 1 aliphatic heterocycles. The van der Waals surface area contributed by atoms with Crippen molar-refractivity contribution in [3.8, 4) is 11.1 Å². The summed E-state index contributed by atoms with van der Waals surface area (Å²) in [5.41, 5.74) is 3.29. The Morgan fingerprint density at radius 2 is 2.00 bits per heavy atom. The molecule has 2 aromatic heterocycles. The number of hydrogen-bond acceptors (Lipinski definition) is 4. The topological polar surface area (TPSA) is 78.1 Å². The number of nitrogens with zero attached hydrogens (tertiary/aromatic N) is 2. The van der Waals surface area contributed by atoms with Crippen LogP contribution in [0.2, 0.25) is 0 Å². The molecule has 1 unspecified atom stereocenters. The molecule has 156 valence electrons. The Labute approximate surface area is 180 Å². The van der Waals surface area contributed by atoms with E-state index in [0.29, 0.717) is 31.6 Å². The van der Waals surface area contributed by atoms with E-state index in [2.05, 4.69) is 56.6 Å². The third-order valence-electron chi connectivity index (χ3n) is 5.62. The highest BCUT2D eigenvalue weighted by molar-refractivity contribution is 7.08. The van der Waals surface area contributed by atoms with Gasteiger partial charge in [-0.3, -0.25) is 14.7 Å². The van der Waals surface area contributed by atoms with E-state index in [-0.39, 0.29) is 17.9 Å². The van der Waals surface area contributed by atoms with Gasteiger partial charge in [-0.15, -0.1) is 0 Å². The zero-order valence-corrected chi connectivity index (χ0v) is 18.0. The number of hydrogen-bond donors (Lipinski definition) is 2. The first-order valence-corrected chi connectivity index (χ1v) is 11.1. The fourth-order valence-electron chi connectivity index (χ4n) is 4.05.